The summed E-state index contributed by atoms with van der Waals surface area (Å²) >= 11 is 0. The van der Waals surface area contributed by atoms with E-state index in [-0.39, 0.29) is 0 Å². The van der Waals surface area contributed by atoms with Crippen LogP contribution in [-0.2, 0) is 13.0 Å². The maximum atomic E-state index is 5.46. The zero-order chi connectivity index (χ0) is 17.1. The molecule has 130 valence electrons. The molecular weight excluding hydrogens is 298 g/mol. The van der Waals surface area contributed by atoms with Gasteiger partial charge in [-0.25, -0.2) is 0 Å². The van der Waals surface area contributed by atoms with Crippen molar-refractivity contribution < 1.29 is 9.47 Å². The van der Waals surface area contributed by atoms with Gasteiger partial charge >= 0.3 is 0 Å². The molecule has 1 atom stereocenters. The van der Waals surface area contributed by atoms with E-state index in [0.717, 1.165) is 37.6 Å². The minimum Gasteiger partial charge on any atom is -0.493 e. The van der Waals surface area contributed by atoms with E-state index in [1.54, 1.807) is 19.8 Å². The van der Waals surface area contributed by atoms with Gasteiger partial charge < -0.3 is 9.47 Å². The topological polar surface area (TPSA) is 21.7 Å². The summed E-state index contributed by atoms with van der Waals surface area (Å²) in [5.41, 5.74) is 5.69. The number of hydrogen-bond acceptors (Lipinski definition) is 3. The Kier molecular flexibility index (Phi) is 5.30. The van der Waals surface area contributed by atoms with Gasteiger partial charge in [0.25, 0.3) is 0 Å². The summed E-state index contributed by atoms with van der Waals surface area (Å²) in [7, 11) is 3.41. The molecule has 0 bridgehead atoms. The van der Waals surface area contributed by atoms with E-state index in [4.69, 9.17) is 9.47 Å². The fraction of sp³-hybridized carbons (Fsp3) is 0.524. The van der Waals surface area contributed by atoms with Crippen LogP contribution in [0.2, 0.25) is 0 Å². The van der Waals surface area contributed by atoms with Crippen LogP contribution in [0.5, 0.6) is 11.5 Å². The number of fused-ring (bicyclic) bond motifs is 1. The number of benzene rings is 1. The van der Waals surface area contributed by atoms with E-state index in [9.17, 15) is 0 Å². The van der Waals surface area contributed by atoms with Crippen LogP contribution in [0, 0.1) is 5.92 Å². The van der Waals surface area contributed by atoms with Crippen LogP contribution < -0.4 is 9.47 Å². The van der Waals surface area contributed by atoms with Gasteiger partial charge in [0.15, 0.2) is 11.5 Å². The Morgan fingerprint density at radius 2 is 1.88 bits per heavy atom. The first-order valence-electron chi connectivity index (χ1n) is 8.90. The standard InChI is InChI=1S/C21H29NO2/c1-15(2)17-7-5-16(6-8-17)13-22-10-9-18-11-20(23-3)21(24-4)12-19(18)14-22/h5,11-12,17H,1,6-10,13-14H2,2-4H3. The zero-order valence-corrected chi connectivity index (χ0v) is 15.2. The lowest BCUT2D eigenvalue weighted by atomic mass is 9.85. The molecule has 1 aliphatic carbocycles. The molecule has 0 spiro atoms. The molecule has 2 aliphatic rings. The van der Waals surface area contributed by atoms with Gasteiger partial charge in [-0.2, -0.15) is 0 Å². The summed E-state index contributed by atoms with van der Waals surface area (Å²) in [6.07, 6.45) is 7.17. The average Bonchev–Trinajstić information content (AvgIpc) is 2.60. The Labute approximate surface area is 146 Å². The highest BCUT2D eigenvalue weighted by molar-refractivity contribution is 5.48. The largest absolute Gasteiger partial charge is 0.493 e. The zero-order valence-electron chi connectivity index (χ0n) is 15.2. The molecular formula is C21H29NO2. The van der Waals surface area contributed by atoms with E-state index >= 15 is 0 Å². The third kappa shape index (κ3) is 3.67. The highest BCUT2D eigenvalue weighted by atomic mass is 16.5. The Balaban J connectivity index is 1.66. The summed E-state index contributed by atoms with van der Waals surface area (Å²) in [6, 6.07) is 4.29. The van der Waals surface area contributed by atoms with Crippen LogP contribution in [0.4, 0.5) is 0 Å². The van der Waals surface area contributed by atoms with Crippen molar-refractivity contribution in [3.8, 4) is 11.5 Å². The molecule has 0 amide bonds. The molecule has 1 aliphatic heterocycles. The summed E-state index contributed by atoms with van der Waals surface area (Å²) in [5, 5.41) is 0. The first-order chi connectivity index (χ1) is 11.6. The smallest absolute Gasteiger partial charge is 0.161 e. The van der Waals surface area contributed by atoms with Crippen molar-refractivity contribution >= 4 is 0 Å². The van der Waals surface area contributed by atoms with Crippen LogP contribution in [0.25, 0.3) is 0 Å². The number of hydrogen-bond donors (Lipinski definition) is 0. The second kappa shape index (κ2) is 7.43. The number of methoxy groups -OCH3 is 2. The first-order valence-corrected chi connectivity index (χ1v) is 8.90. The van der Waals surface area contributed by atoms with E-state index in [2.05, 4.69) is 36.6 Å². The van der Waals surface area contributed by atoms with Crippen molar-refractivity contribution in [2.75, 3.05) is 27.3 Å². The molecule has 1 unspecified atom stereocenters. The average molecular weight is 327 g/mol. The van der Waals surface area contributed by atoms with Gasteiger partial charge in [0, 0.05) is 19.6 Å². The molecule has 1 aromatic carbocycles. The van der Waals surface area contributed by atoms with Crippen LogP contribution in [0.1, 0.15) is 37.3 Å². The Bertz CT molecular complexity index is 647. The minimum atomic E-state index is 0.688. The van der Waals surface area contributed by atoms with Crippen molar-refractivity contribution in [2.24, 2.45) is 5.92 Å². The molecule has 24 heavy (non-hydrogen) atoms. The number of rotatable bonds is 5. The molecule has 3 nitrogen and oxygen atoms in total. The maximum absolute atomic E-state index is 5.46. The highest BCUT2D eigenvalue weighted by Gasteiger charge is 2.21. The van der Waals surface area contributed by atoms with Gasteiger partial charge in [0.2, 0.25) is 0 Å². The number of ether oxygens (including phenoxy) is 2. The van der Waals surface area contributed by atoms with E-state index in [1.807, 2.05) is 0 Å². The lowest BCUT2D eigenvalue weighted by molar-refractivity contribution is 0.268. The van der Waals surface area contributed by atoms with Crippen molar-refractivity contribution in [3.05, 3.63) is 47.1 Å². The van der Waals surface area contributed by atoms with Crippen LogP contribution >= 0.6 is 0 Å². The number of nitrogens with zero attached hydrogens (tertiary/aromatic N) is 1. The molecule has 3 heteroatoms. The summed E-state index contributed by atoms with van der Waals surface area (Å²) in [4.78, 5) is 2.56. The monoisotopic (exact) mass is 327 g/mol. The third-order valence-electron chi connectivity index (χ3n) is 5.43. The van der Waals surface area contributed by atoms with Crippen molar-refractivity contribution in [3.63, 3.8) is 0 Å². The van der Waals surface area contributed by atoms with Gasteiger partial charge in [-0.05, 0) is 61.8 Å². The van der Waals surface area contributed by atoms with E-state index < -0.39 is 0 Å². The molecule has 0 fully saturated rings. The van der Waals surface area contributed by atoms with E-state index in [0.29, 0.717) is 5.92 Å². The highest BCUT2D eigenvalue weighted by Crippen LogP contribution is 2.34. The second-order valence-corrected chi connectivity index (χ2v) is 7.12. The van der Waals surface area contributed by atoms with Crippen LogP contribution in [-0.4, -0.2) is 32.2 Å². The normalized spacial score (nSPS) is 21.0. The molecule has 0 saturated carbocycles. The van der Waals surface area contributed by atoms with Gasteiger partial charge in [0.1, 0.15) is 0 Å². The fourth-order valence-electron chi connectivity index (χ4n) is 3.84. The third-order valence-corrected chi connectivity index (χ3v) is 5.43. The summed E-state index contributed by atoms with van der Waals surface area (Å²) in [5.74, 6) is 2.36. The van der Waals surface area contributed by atoms with Gasteiger partial charge in [-0.3, -0.25) is 4.90 Å². The van der Waals surface area contributed by atoms with Gasteiger partial charge in [-0.1, -0.05) is 23.8 Å². The first kappa shape index (κ1) is 17.1. The maximum Gasteiger partial charge on any atom is 0.161 e. The Hall–Kier alpha value is -1.74. The lowest BCUT2D eigenvalue weighted by Crippen LogP contribution is -2.32. The SMILES string of the molecule is C=C(C)C1CC=C(CN2CCc3cc(OC)c(OC)cc3C2)CC1. The predicted molar refractivity (Wildman–Crippen MR) is 98.8 cm³/mol. The minimum absolute atomic E-state index is 0.688. The van der Waals surface area contributed by atoms with Gasteiger partial charge in [-0.15, -0.1) is 0 Å². The van der Waals surface area contributed by atoms with Crippen LogP contribution in [0.15, 0.2) is 35.9 Å². The van der Waals surface area contributed by atoms with Crippen molar-refractivity contribution in [1.29, 1.82) is 0 Å². The molecule has 0 aromatic heterocycles. The quantitative estimate of drug-likeness (QED) is 0.750. The molecule has 0 N–H and O–H groups in total. The molecule has 0 saturated heterocycles. The molecule has 1 heterocycles. The lowest BCUT2D eigenvalue weighted by Gasteiger charge is -2.32. The Morgan fingerprint density at radius 3 is 2.46 bits per heavy atom. The van der Waals surface area contributed by atoms with Gasteiger partial charge in [0.05, 0.1) is 14.2 Å². The molecule has 0 radical (unpaired) electrons. The molecule has 1 aromatic rings. The van der Waals surface area contributed by atoms with Crippen molar-refractivity contribution in [1.82, 2.24) is 4.90 Å². The van der Waals surface area contributed by atoms with Crippen LogP contribution in [0.3, 0.4) is 0 Å². The number of allylic oxidation sites excluding steroid dienone is 2. The summed E-state index contributed by atoms with van der Waals surface area (Å²) < 4.78 is 10.9. The molecule has 3 rings (SSSR count). The fourth-order valence-corrected chi connectivity index (χ4v) is 3.84. The second-order valence-electron chi connectivity index (χ2n) is 7.12. The summed E-state index contributed by atoms with van der Waals surface area (Å²) in [6.45, 7) is 9.48. The predicted octanol–water partition coefficient (Wildman–Crippen LogP) is 4.36. The van der Waals surface area contributed by atoms with E-state index in [1.165, 1.54) is 36.0 Å². The Morgan fingerprint density at radius 1 is 1.17 bits per heavy atom. The van der Waals surface area contributed by atoms with Crippen molar-refractivity contribution in [2.45, 2.75) is 39.2 Å².